The molecule has 0 radical (unpaired) electrons. The van der Waals surface area contributed by atoms with Gasteiger partial charge >= 0.3 is 0 Å². The Kier molecular flexibility index (Phi) is 10.8. The maximum absolute atomic E-state index is 13.6. The van der Waals surface area contributed by atoms with Gasteiger partial charge in [0.15, 0.2) is 0 Å². The standard InChI is InChI=1S/C34H41N7O5/c1-23(2)20-29-33(44)36-15-18-40-17-14-35-32(40)24-8-6-9-25(21-24)46-19-7-16-41(22-30(42)38-29)31(43)13-12-28-34(45-3)39-27-11-5-4-10-26(27)37-28/h4-6,8-11,14,17,21,23,29H,7,12-13,15-16,18-20,22H2,1-3H3,(H,36,44)(H,38,42)/t29-/m1/s1. The smallest absolute Gasteiger partial charge is 0.242 e. The number of imidazole rings is 1. The van der Waals surface area contributed by atoms with Crippen LogP contribution in [-0.4, -0.2) is 81.5 Å². The minimum atomic E-state index is -0.734. The molecule has 0 saturated heterocycles. The van der Waals surface area contributed by atoms with Crippen molar-refractivity contribution in [3.05, 3.63) is 66.6 Å². The van der Waals surface area contributed by atoms with Crippen LogP contribution in [0, 0.1) is 5.92 Å². The predicted octanol–water partition coefficient (Wildman–Crippen LogP) is 3.39. The van der Waals surface area contributed by atoms with Crippen LogP contribution in [0.3, 0.4) is 0 Å². The van der Waals surface area contributed by atoms with Crippen LogP contribution < -0.4 is 20.1 Å². The summed E-state index contributed by atoms with van der Waals surface area (Å²) in [4.78, 5) is 55.4. The van der Waals surface area contributed by atoms with Crippen LogP contribution in [0.15, 0.2) is 60.9 Å². The van der Waals surface area contributed by atoms with Crippen molar-refractivity contribution in [3.8, 4) is 23.0 Å². The van der Waals surface area contributed by atoms with Crippen LogP contribution in [0.2, 0.25) is 0 Å². The molecule has 4 aromatic rings. The lowest BCUT2D eigenvalue weighted by Gasteiger charge is -2.25. The average Bonchev–Trinajstić information content (AvgIpc) is 3.52. The molecule has 0 fully saturated rings. The summed E-state index contributed by atoms with van der Waals surface area (Å²) >= 11 is 0. The molecule has 0 spiro atoms. The van der Waals surface area contributed by atoms with Crippen molar-refractivity contribution >= 4 is 28.8 Å². The second-order valence-electron chi connectivity index (χ2n) is 11.7. The first-order valence-corrected chi connectivity index (χ1v) is 15.7. The van der Waals surface area contributed by atoms with Crippen molar-refractivity contribution in [2.45, 2.75) is 52.1 Å². The van der Waals surface area contributed by atoms with Crippen molar-refractivity contribution in [2.75, 3.05) is 33.4 Å². The Morgan fingerprint density at radius 1 is 1.09 bits per heavy atom. The number of carbonyl (C=O) groups excluding carboxylic acids is 3. The van der Waals surface area contributed by atoms with Gasteiger partial charge in [0.05, 0.1) is 31.3 Å². The van der Waals surface area contributed by atoms with Crippen LogP contribution in [0.1, 0.15) is 38.8 Å². The number of fused-ring (bicyclic) bond motifs is 5. The molecule has 0 unspecified atom stereocenters. The first kappa shape index (κ1) is 32.4. The van der Waals surface area contributed by atoms with E-state index < -0.39 is 11.9 Å². The molecule has 12 heteroatoms. The molecular weight excluding hydrogens is 586 g/mol. The van der Waals surface area contributed by atoms with E-state index in [2.05, 4.69) is 25.6 Å². The molecule has 3 amide bonds. The molecule has 5 rings (SSSR count). The van der Waals surface area contributed by atoms with Gasteiger partial charge in [-0.15, -0.1) is 0 Å². The van der Waals surface area contributed by atoms with E-state index in [1.54, 1.807) is 6.20 Å². The van der Waals surface area contributed by atoms with Crippen molar-refractivity contribution < 1.29 is 23.9 Å². The SMILES string of the molecule is COc1nc2ccccc2nc1CCC(=O)N1CCCOc2cccc(c2)-c2nccn2CCNC(=O)[C@@H](CC(C)C)NC(=O)C1. The van der Waals surface area contributed by atoms with Gasteiger partial charge in [-0.3, -0.25) is 14.4 Å². The zero-order valence-electron chi connectivity index (χ0n) is 26.6. The van der Waals surface area contributed by atoms with E-state index in [4.69, 9.17) is 9.47 Å². The number of methoxy groups -OCH3 is 1. The minimum absolute atomic E-state index is 0.0993. The number of aromatic nitrogens is 4. The van der Waals surface area contributed by atoms with E-state index in [0.29, 0.717) is 60.9 Å². The summed E-state index contributed by atoms with van der Waals surface area (Å²) in [5, 5.41) is 5.84. The first-order chi connectivity index (χ1) is 22.3. The maximum Gasteiger partial charge on any atom is 0.242 e. The highest BCUT2D eigenvalue weighted by Gasteiger charge is 2.25. The Bertz CT molecular complexity index is 1670. The molecule has 1 aliphatic rings. The van der Waals surface area contributed by atoms with E-state index >= 15 is 0 Å². The van der Waals surface area contributed by atoms with E-state index in [0.717, 1.165) is 11.4 Å². The lowest BCUT2D eigenvalue weighted by Crippen LogP contribution is -2.51. The van der Waals surface area contributed by atoms with Crippen molar-refractivity contribution in [1.29, 1.82) is 0 Å². The number of hydrogen-bond acceptors (Lipinski definition) is 8. The second-order valence-corrected chi connectivity index (χ2v) is 11.7. The van der Waals surface area contributed by atoms with Crippen LogP contribution in [0.5, 0.6) is 11.6 Å². The van der Waals surface area contributed by atoms with Gasteiger partial charge in [-0.2, -0.15) is 0 Å². The fourth-order valence-corrected chi connectivity index (χ4v) is 5.48. The average molecular weight is 628 g/mol. The van der Waals surface area contributed by atoms with E-state index in [-0.39, 0.29) is 43.7 Å². The molecule has 46 heavy (non-hydrogen) atoms. The molecular formula is C34H41N7O5. The summed E-state index contributed by atoms with van der Waals surface area (Å²) in [6.45, 7) is 5.30. The highest BCUT2D eigenvalue weighted by Crippen LogP contribution is 2.23. The van der Waals surface area contributed by atoms with Gasteiger partial charge in [-0.25, -0.2) is 15.0 Å². The van der Waals surface area contributed by atoms with E-state index in [9.17, 15) is 14.4 Å². The minimum Gasteiger partial charge on any atom is -0.494 e. The second kappa shape index (κ2) is 15.3. The summed E-state index contributed by atoms with van der Waals surface area (Å²) in [7, 11) is 1.52. The number of nitrogens with one attached hydrogen (secondary N) is 2. The van der Waals surface area contributed by atoms with Crippen molar-refractivity contribution in [1.82, 2.24) is 35.1 Å². The topological polar surface area (TPSA) is 141 Å². The number of benzene rings is 2. The number of rotatable bonds is 6. The molecule has 1 atom stereocenters. The summed E-state index contributed by atoms with van der Waals surface area (Å²) in [5.74, 6) is 1.08. The fraction of sp³-hybridized carbons (Fsp3) is 0.412. The molecule has 2 aromatic carbocycles. The Balaban J connectivity index is 1.34. The fourth-order valence-electron chi connectivity index (χ4n) is 5.48. The van der Waals surface area contributed by atoms with Crippen molar-refractivity contribution in [2.24, 2.45) is 5.92 Å². The van der Waals surface area contributed by atoms with Crippen LogP contribution in [0.25, 0.3) is 22.4 Å². The summed E-state index contributed by atoms with van der Waals surface area (Å²) in [5.41, 5.74) is 2.87. The number of aryl methyl sites for hydroxylation is 1. The molecule has 1 aliphatic heterocycles. The third-order valence-electron chi connectivity index (χ3n) is 7.72. The highest BCUT2D eigenvalue weighted by molar-refractivity contribution is 5.90. The molecule has 2 N–H and O–H groups in total. The zero-order chi connectivity index (χ0) is 32.5. The lowest BCUT2D eigenvalue weighted by atomic mass is 10.0. The number of hydrogen-bond donors (Lipinski definition) is 2. The summed E-state index contributed by atoms with van der Waals surface area (Å²) in [6, 6.07) is 14.4. The molecule has 2 aromatic heterocycles. The third-order valence-corrected chi connectivity index (χ3v) is 7.72. The molecule has 0 saturated carbocycles. The molecule has 242 valence electrons. The van der Waals surface area contributed by atoms with Gasteiger partial charge < -0.3 is 29.6 Å². The molecule has 12 nitrogen and oxygen atoms in total. The van der Waals surface area contributed by atoms with Gasteiger partial charge in [0.2, 0.25) is 23.6 Å². The number of nitrogens with zero attached hydrogens (tertiary/aromatic N) is 5. The number of amides is 3. The summed E-state index contributed by atoms with van der Waals surface area (Å²) < 4.78 is 13.5. The Hall–Kier alpha value is -5.00. The summed E-state index contributed by atoms with van der Waals surface area (Å²) in [6.07, 6.45) is 4.94. The first-order valence-electron chi connectivity index (χ1n) is 15.7. The monoisotopic (exact) mass is 627 g/mol. The zero-order valence-corrected chi connectivity index (χ0v) is 26.6. The number of carbonyl (C=O) groups is 3. The Morgan fingerprint density at radius 3 is 2.67 bits per heavy atom. The predicted molar refractivity (Wildman–Crippen MR) is 173 cm³/mol. The van der Waals surface area contributed by atoms with Crippen LogP contribution >= 0.6 is 0 Å². The van der Waals surface area contributed by atoms with Gasteiger partial charge in [0, 0.05) is 50.4 Å². The number of para-hydroxylation sites is 2. The quantitative estimate of drug-likeness (QED) is 0.332. The largest absolute Gasteiger partial charge is 0.494 e. The van der Waals surface area contributed by atoms with Gasteiger partial charge in [-0.1, -0.05) is 38.1 Å². The van der Waals surface area contributed by atoms with E-state index in [1.165, 1.54) is 12.0 Å². The lowest BCUT2D eigenvalue weighted by molar-refractivity contribution is -0.137. The van der Waals surface area contributed by atoms with E-state index in [1.807, 2.05) is 73.1 Å². The molecule has 3 heterocycles. The van der Waals surface area contributed by atoms with Crippen LogP contribution in [-0.2, 0) is 27.3 Å². The van der Waals surface area contributed by atoms with Crippen molar-refractivity contribution in [3.63, 3.8) is 0 Å². The number of ether oxygens (including phenoxy) is 2. The Morgan fingerprint density at radius 2 is 1.89 bits per heavy atom. The molecule has 0 aliphatic carbocycles. The normalized spacial score (nSPS) is 16.5. The third kappa shape index (κ3) is 8.38. The highest BCUT2D eigenvalue weighted by atomic mass is 16.5. The van der Waals surface area contributed by atoms with Gasteiger partial charge in [-0.05, 0) is 43.0 Å². The van der Waals surface area contributed by atoms with Gasteiger partial charge in [0.1, 0.15) is 23.3 Å². The van der Waals surface area contributed by atoms with Gasteiger partial charge in [0.25, 0.3) is 0 Å². The molecule has 2 bridgehead atoms. The Labute approximate surface area is 268 Å². The van der Waals surface area contributed by atoms with Crippen LogP contribution in [0.4, 0.5) is 0 Å². The maximum atomic E-state index is 13.6.